The lowest BCUT2D eigenvalue weighted by molar-refractivity contribution is 0.0240. The van der Waals surface area contributed by atoms with Crippen molar-refractivity contribution in [3.63, 3.8) is 0 Å². The number of ether oxygens (including phenoxy) is 2. The van der Waals surface area contributed by atoms with E-state index in [1.165, 1.54) is 0 Å². The lowest BCUT2D eigenvalue weighted by atomic mass is 10.2. The van der Waals surface area contributed by atoms with Crippen molar-refractivity contribution in [3.8, 4) is 5.75 Å². The van der Waals surface area contributed by atoms with E-state index in [2.05, 4.69) is 50.4 Å². The van der Waals surface area contributed by atoms with Gasteiger partial charge in [-0.25, -0.2) is 14.8 Å². The summed E-state index contributed by atoms with van der Waals surface area (Å²) in [5.74, 6) is 1.45. The summed E-state index contributed by atoms with van der Waals surface area (Å²) in [6.07, 6.45) is 1.28. The molecule has 7 nitrogen and oxygen atoms in total. The smallest absolute Gasteiger partial charge is 0.410 e. The molecule has 1 fully saturated rings. The van der Waals surface area contributed by atoms with Crippen LogP contribution in [0.3, 0.4) is 0 Å². The topological polar surface area (TPSA) is 67.8 Å². The second-order valence-electron chi connectivity index (χ2n) is 10.2. The van der Waals surface area contributed by atoms with Gasteiger partial charge in [0.2, 0.25) is 0 Å². The zero-order valence-electron chi connectivity index (χ0n) is 19.7. The number of hydrogen-bond donors (Lipinski definition) is 0. The molecule has 1 aliphatic rings. The summed E-state index contributed by atoms with van der Waals surface area (Å²) in [6, 6.07) is 2.92. The van der Waals surface area contributed by atoms with Crippen LogP contribution in [0.4, 0.5) is 10.6 Å². The van der Waals surface area contributed by atoms with Gasteiger partial charge in [-0.2, -0.15) is 0 Å². The quantitative estimate of drug-likeness (QED) is 0.443. The van der Waals surface area contributed by atoms with Crippen LogP contribution >= 0.6 is 27.5 Å². The largest absolute Gasteiger partial charge is 0.490 e. The standard InChI is InChI=1S/C22H32BrClN4O3Si/c1-22(2,3)31-21(29)28-9-7-27(8-10-28)20-15-13-16(24)17(23)19(18(15)25-14-26-20)30-11-12-32(4,5)6/h13-14H,7-12H2,1-6H3. The Morgan fingerprint density at radius 3 is 2.44 bits per heavy atom. The first kappa shape index (κ1) is 25.0. The number of carbonyl (C=O) groups is 1. The Bertz CT molecular complexity index is 986. The fourth-order valence-corrected chi connectivity index (χ4v) is 4.70. The van der Waals surface area contributed by atoms with Crippen LogP contribution in [0.5, 0.6) is 5.75 Å². The Hall–Kier alpha value is -1.58. The molecule has 0 spiro atoms. The molecule has 1 saturated heterocycles. The molecule has 10 heteroatoms. The Morgan fingerprint density at radius 1 is 1.19 bits per heavy atom. The van der Waals surface area contributed by atoms with Gasteiger partial charge in [0.25, 0.3) is 0 Å². The predicted octanol–water partition coefficient (Wildman–Crippen LogP) is 5.82. The fraction of sp³-hybridized carbons (Fsp3) is 0.591. The van der Waals surface area contributed by atoms with Crippen LogP contribution < -0.4 is 9.64 Å². The molecule has 0 unspecified atom stereocenters. The summed E-state index contributed by atoms with van der Waals surface area (Å²) in [4.78, 5) is 25.3. The monoisotopic (exact) mass is 542 g/mol. The molecule has 1 amide bonds. The minimum atomic E-state index is -1.24. The van der Waals surface area contributed by atoms with Crippen molar-refractivity contribution in [2.45, 2.75) is 52.1 Å². The van der Waals surface area contributed by atoms with E-state index >= 15 is 0 Å². The molecule has 0 atom stereocenters. The lowest BCUT2D eigenvalue weighted by Crippen LogP contribution is -2.50. The Balaban J connectivity index is 1.82. The first-order chi connectivity index (χ1) is 14.9. The number of anilines is 1. The van der Waals surface area contributed by atoms with Gasteiger partial charge < -0.3 is 19.3 Å². The number of nitrogens with zero attached hydrogens (tertiary/aromatic N) is 4. The highest BCUT2D eigenvalue weighted by atomic mass is 79.9. The molecule has 1 aliphatic heterocycles. The van der Waals surface area contributed by atoms with E-state index in [0.717, 1.165) is 22.8 Å². The number of fused-ring (bicyclic) bond motifs is 1. The van der Waals surface area contributed by atoms with Crippen molar-refractivity contribution in [3.05, 3.63) is 21.9 Å². The number of benzene rings is 1. The van der Waals surface area contributed by atoms with Gasteiger partial charge in [-0.05, 0) is 48.8 Å². The summed E-state index contributed by atoms with van der Waals surface area (Å²) in [6.45, 7) is 15.6. The van der Waals surface area contributed by atoms with Crippen LogP contribution in [0.15, 0.2) is 16.9 Å². The molecule has 1 aromatic heterocycles. The SMILES string of the molecule is CC(C)(C)OC(=O)N1CCN(c2ncnc3c(OCC[Si](C)(C)C)c(Br)c(Cl)cc23)CC1. The molecule has 0 saturated carbocycles. The van der Waals surface area contributed by atoms with Crippen LogP contribution in [0.1, 0.15) is 20.8 Å². The normalized spacial score (nSPS) is 15.2. The van der Waals surface area contributed by atoms with Crippen LogP contribution in [0, 0.1) is 0 Å². The Labute approximate surface area is 204 Å². The van der Waals surface area contributed by atoms with Crippen molar-refractivity contribution in [1.29, 1.82) is 0 Å². The number of halogens is 2. The minimum Gasteiger partial charge on any atom is -0.490 e. The van der Waals surface area contributed by atoms with E-state index in [0.29, 0.717) is 48.0 Å². The van der Waals surface area contributed by atoms with E-state index in [1.807, 2.05) is 26.8 Å². The highest BCUT2D eigenvalue weighted by Crippen LogP contribution is 2.41. The summed E-state index contributed by atoms with van der Waals surface area (Å²) >= 11 is 10.1. The highest BCUT2D eigenvalue weighted by molar-refractivity contribution is 9.10. The molecule has 1 aromatic carbocycles. The van der Waals surface area contributed by atoms with E-state index in [9.17, 15) is 4.79 Å². The third-order valence-electron chi connectivity index (χ3n) is 5.09. The maximum atomic E-state index is 12.4. The molecule has 0 aliphatic carbocycles. The molecular formula is C22H32BrClN4O3Si. The van der Waals surface area contributed by atoms with E-state index in [-0.39, 0.29) is 6.09 Å². The first-order valence-electron chi connectivity index (χ1n) is 10.8. The second kappa shape index (κ2) is 9.73. The Morgan fingerprint density at radius 2 is 1.84 bits per heavy atom. The molecular weight excluding hydrogens is 512 g/mol. The number of rotatable bonds is 5. The van der Waals surface area contributed by atoms with Gasteiger partial charge >= 0.3 is 6.09 Å². The molecule has 176 valence electrons. The van der Waals surface area contributed by atoms with Gasteiger partial charge in [0, 0.05) is 39.6 Å². The first-order valence-corrected chi connectivity index (χ1v) is 15.7. The van der Waals surface area contributed by atoms with Crippen LogP contribution in [-0.4, -0.2) is 67.4 Å². The lowest BCUT2D eigenvalue weighted by Gasteiger charge is -2.36. The zero-order chi connectivity index (χ0) is 23.7. The van der Waals surface area contributed by atoms with Gasteiger partial charge in [0.15, 0.2) is 5.75 Å². The third-order valence-corrected chi connectivity index (χ3v) is 8.11. The summed E-state index contributed by atoms with van der Waals surface area (Å²) in [5, 5.41) is 1.40. The molecule has 2 heterocycles. The number of hydrogen-bond acceptors (Lipinski definition) is 6. The van der Waals surface area contributed by atoms with Gasteiger partial charge in [-0.1, -0.05) is 31.2 Å². The van der Waals surface area contributed by atoms with Gasteiger partial charge in [0.1, 0.15) is 23.3 Å². The third kappa shape index (κ3) is 6.26. The molecule has 2 aromatic rings. The van der Waals surface area contributed by atoms with Crippen LogP contribution in [0.25, 0.3) is 10.9 Å². The number of amides is 1. The maximum absolute atomic E-state index is 12.4. The van der Waals surface area contributed by atoms with Crippen molar-refractivity contribution in [2.75, 3.05) is 37.7 Å². The van der Waals surface area contributed by atoms with Crippen LogP contribution in [0.2, 0.25) is 30.7 Å². The molecule has 0 radical (unpaired) electrons. The van der Waals surface area contributed by atoms with Crippen molar-refractivity contribution in [2.24, 2.45) is 0 Å². The van der Waals surface area contributed by atoms with Crippen molar-refractivity contribution >= 4 is 58.4 Å². The Kier molecular flexibility index (Phi) is 7.61. The van der Waals surface area contributed by atoms with Crippen molar-refractivity contribution in [1.82, 2.24) is 14.9 Å². The summed E-state index contributed by atoms with van der Waals surface area (Å²) in [5.41, 5.74) is 0.226. The summed E-state index contributed by atoms with van der Waals surface area (Å²) < 4.78 is 12.4. The van der Waals surface area contributed by atoms with E-state index in [4.69, 9.17) is 21.1 Å². The van der Waals surface area contributed by atoms with Crippen molar-refractivity contribution < 1.29 is 14.3 Å². The average molecular weight is 544 g/mol. The van der Waals surface area contributed by atoms with Crippen LogP contribution in [-0.2, 0) is 4.74 Å². The molecule has 0 bridgehead atoms. The predicted molar refractivity (Wildman–Crippen MR) is 136 cm³/mol. The molecule has 3 rings (SSSR count). The summed E-state index contributed by atoms with van der Waals surface area (Å²) in [7, 11) is -1.24. The fourth-order valence-electron chi connectivity index (χ4n) is 3.37. The highest BCUT2D eigenvalue weighted by Gasteiger charge is 2.28. The van der Waals surface area contributed by atoms with Gasteiger partial charge in [-0.15, -0.1) is 0 Å². The maximum Gasteiger partial charge on any atom is 0.410 e. The van der Waals surface area contributed by atoms with Gasteiger partial charge in [-0.3, -0.25) is 0 Å². The minimum absolute atomic E-state index is 0.283. The average Bonchev–Trinajstić information content (AvgIpc) is 2.68. The number of piperazine rings is 1. The second-order valence-corrected chi connectivity index (χ2v) is 17.0. The van der Waals surface area contributed by atoms with E-state index in [1.54, 1.807) is 11.2 Å². The van der Waals surface area contributed by atoms with Gasteiger partial charge in [0.05, 0.1) is 16.1 Å². The zero-order valence-corrected chi connectivity index (χ0v) is 23.0. The number of carbonyl (C=O) groups excluding carboxylic acids is 1. The molecule has 0 N–H and O–H groups in total. The molecule has 32 heavy (non-hydrogen) atoms. The van der Waals surface area contributed by atoms with E-state index < -0.39 is 13.7 Å². The number of aromatic nitrogens is 2.